The molecule has 18 heavy (non-hydrogen) atoms. The molecule has 0 spiro atoms. The Labute approximate surface area is 99.5 Å². The normalized spacial score (nSPS) is 10.3. The summed E-state index contributed by atoms with van der Waals surface area (Å²) in [7, 11) is 2.01. The molecule has 1 aromatic rings. The van der Waals surface area contributed by atoms with Gasteiger partial charge >= 0.3 is 11.7 Å². The van der Waals surface area contributed by atoms with Gasteiger partial charge in [-0.2, -0.15) is 0 Å². The molecule has 1 rings (SSSR count). The second-order valence-corrected chi connectivity index (χ2v) is 3.00. The van der Waals surface area contributed by atoms with Gasteiger partial charge in [0.15, 0.2) is 0 Å². The zero-order valence-corrected chi connectivity index (χ0v) is 9.35. The number of pyridine rings is 1. The highest BCUT2D eigenvalue weighted by molar-refractivity contribution is 5.91. The number of halogens is 2. The standard InChI is InChI=1S/C9H8F2N2O5/c1-17-8-5(13(15)16)3-4(9(14)18-2)6(12-8)7(10)11/h3,7H,1-2H3. The van der Waals surface area contributed by atoms with Gasteiger partial charge in [0, 0.05) is 6.07 Å². The summed E-state index contributed by atoms with van der Waals surface area (Å²) in [5, 5.41) is 10.7. The molecular formula is C9H8F2N2O5. The molecule has 98 valence electrons. The van der Waals surface area contributed by atoms with Crippen LogP contribution in [0.15, 0.2) is 6.07 Å². The van der Waals surface area contributed by atoms with Crippen molar-refractivity contribution in [3.63, 3.8) is 0 Å². The topological polar surface area (TPSA) is 91.6 Å². The van der Waals surface area contributed by atoms with Crippen LogP contribution in [0.3, 0.4) is 0 Å². The Morgan fingerprint density at radius 2 is 2.11 bits per heavy atom. The highest BCUT2D eigenvalue weighted by atomic mass is 19.3. The minimum absolute atomic E-state index is 0.594. The summed E-state index contributed by atoms with van der Waals surface area (Å²) in [6, 6.07) is 0.652. The molecule has 1 heterocycles. The highest BCUT2D eigenvalue weighted by Gasteiger charge is 2.28. The number of hydrogen-bond acceptors (Lipinski definition) is 6. The van der Waals surface area contributed by atoms with E-state index in [1.807, 2.05) is 0 Å². The van der Waals surface area contributed by atoms with Crippen LogP contribution in [0.1, 0.15) is 22.5 Å². The number of rotatable bonds is 4. The van der Waals surface area contributed by atoms with Gasteiger partial charge in [0.25, 0.3) is 12.3 Å². The van der Waals surface area contributed by atoms with E-state index in [4.69, 9.17) is 0 Å². The molecule has 0 bridgehead atoms. The van der Waals surface area contributed by atoms with Crippen LogP contribution in [0.4, 0.5) is 14.5 Å². The van der Waals surface area contributed by atoms with Crippen LogP contribution in [0.25, 0.3) is 0 Å². The molecule has 7 nitrogen and oxygen atoms in total. The fourth-order valence-corrected chi connectivity index (χ4v) is 1.22. The molecule has 0 aliphatic heterocycles. The molecule has 1 aromatic heterocycles. The molecule has 0 radical (unpaired) electrons. The molecule has 0 aromatic carbocycles. The van der Waals surface area contributed by atoms with Crippen molar-refractivity contribution in [3.8, 4) is 5.88 Å². The van der Waals surface area contributed by atoms with E-state index in [1.54, 1.807) is 0 Å². The maximum absolute atomic E-state index is 12.7. The summed E-state index contributed by atoms with van der Waals surface area (Å²) in [4.78, 5) is 24.3. The molecule has 0 aliphatic rings. The second kappa shape index (κ2) is 5.34. The second-order valence-electron chi connectivity index (χ2n) is 3.00. The molecule has 0 fully saturated rings. The predicted molar refractivity (Wildman–Crippen MR) is 53.7 cm³/mol. The van der Waals surface area contributed by atoms with Crippen molar-refractivity contribution in [2.75, 3.05) is 14.2 Å². The van der Waals surface area contributed by atoms with Crippen LogP contribution < -0.4 is 4.74 Å². The summed E-state index contributed by atoms with van der Waals surface area (Å²) in [6.07, 6.45) is -3.09. The van der Waals surface area contributed by atoms with Gasteiger partial charge in [-0.1, -0.05) is 0 Å². The van der Waals surface area contributed by atoms with Crippen molar-refractivity contribution in [1.82, 2.24) is 4.98 Å². The predicted octanol–water partition coefficient (Wildman–Crippen LogP) is 1.72. The average Bonchev–Trinajstić information content (AvgIpc) is 2.35. The Hall–Kier alpha value is -2.32. The SMILES string of the molecule is COC(=O)c1cc([N+](=O)[O-])c(OC)nc1C(F)F. The van der Waals surface area contributed by atoms with Crippen LogP contribution in [0.2, 0.25) is 0 Å². The van der Waals surface area contributed by atoms with Gasteiger partial charge in [0.05, 0.1) is 24.7 Å². The molecular weight excluding hydrogens is 254 g/mol. The number of esters is 1. The summed E-state index contributed by atoms with van der Waals surface area (Å²) in [5.74, 6) is -1.73. The summed E-state index contributed by atoms with van der Waals surface area (Å²) < 4.78 is 34.1. The quantitative estimate of drug-likeness (QED) is 0.466. The van der Waals surface area contributed by atoms with Crippen molar-refractivity contribution < 1.29 is 28.0 Å². The van der Waals surface area contributed by atoms with Crippen molar-refractivity contribution in [3.05, 3.63) is 27.4 Å². The first-order chi connectivity index (χ1) is 8.42. The van der Waals surface area contributed by atoms with E-state index in [0.29, 0.717) is 6.07 Å². The van der Waals surface area contributed by atoms with E-state index in [1.165, 1.54) is 0 Å². The lowest BCUT2D eigenvalue weighted by molar-refractivity contribution is -0.386. The fourth-order valence-electron chi connectivity index (χ4n) is 1.22. The third-order valence-electron chi connectivity index (χ3n) is 2.00. The largest absolute Gasteiger partial charge is 0.476 e. The van der Waals surface area contributed by atoms with E-state index in [9.17, 15) is 23.7 Å². The van der Waals surface area contributed by atoms with Gasteiger partial charge < -0.3 is 9.47 Å². The molecule has 0 amide bonds. The number of carbonyl (C=O) groups excluding carboxylic acids is 1. The van der Waals surface area contributed by atoms with Crippen molar-refractivity contribution >= 4 is 11.7 Å². The van der Waals surface area contributed by atoms with Gasteiger partial charge in [0.2, 0.25) is 0 Å². The average molecular weight is 262 g/mol. The number of nitrogens with zero attached hydrogens (tertiary/aromatic N) is 2. The van der Waals surface area contributed by atoms with E-state index in [-0.39, 0.29) is 0 Å². The lowest BCUT2D eigenvalue weighted by Gasteiger charge is -2.08. The molecule has 0 aliphatic carbocycles. The van der Waals surface area contributed by atoms with E-state index < -0.39 is 40.1 Å². The third kappa shape index (κ3) is 2.50. The van der Waals surface area contributed by atoms with E-state index >= 15 is 0 Å². The molecule has 0 saturated carbocycles. The molecule has 0 saturated heterocycles. The summed E-state index contributed by atoms with van der Waals surface area (Å²) >= 11 is 0. The van der Waals surface area contributed by atoms with Crippen molar-refractivity contribution in [1.29, 1.82) is 0 Å². The van der Waals surface area contributed by atoms with Gasteiger partial charge in [0.1, 0.15) is 5.69 Å². The van der Waals surface area contributed by atoms with Gasteiger partial charge in [-0.15, -0.1) is 0 Å². The Morgan fingerprint density at radius 1 is 1.50 bits per heavy atom. The minimum Gasteiger partial charge on any atom is -0.476 e. The monoisotopic (exact) mass is 262 g/mol. The smallest absolute Gasteiger partial charge is 0.340 e. The number of ether oxygens (including phenoxy) is 2. The van der Waals surface area contributed by atoms with Crippen LogP contribution in [0, 0.1) is 10.1 Å². The van der Waals surface area contributed by atoms with E-state index in [0.717, 1.165) is 14.2 Å². The Bertz CT molecular complexity index is 492. The first kappa shape index (κ1) is 13.7. The first-order valence-electron chi connectivity index (χ1n) is 4.52. The number of methoxy groups -OCH3 is 2. The van der Waals surface area contributed by atoms with Crippen LogP contribution in [-0.2, 0) is 4.74 Å². The zero-order chi connectivity index (χ0) is 13.9. The fraction of sp³-hybridized carbons (Fsp3) is 0.333. The number of carbonyl (C=O) groups is 1. The van der Waals surface area contributed by atoms with E-state index in [2.05, 4.69) is 14.5 Å². The number of hydrogen-bond donors (Lipinski definition) is 0. The van der Waals surface area contributed by atoms with Crippen LogP contribution >= 0.6 is 0 Å². The summed E-state index contributed by atoms with van der Waals surface area (Å²) in [6.45, 7) is 0. The third-order valence-corrected chi connectivity index (χ3v) is 2.00. The minimum atomic E-state index is -3.09. The maximum atomic E-state index is 12.7. The summed E-state index contributed by atoms with van der Waals surface area (Å²) in [5.41, 5.74) is -2.29. The lowest BCUT2D eigenvalue weighted by atomic mass is 10.2. The van der Waals surface area contributed by atoms with Gasteiger partial charge in [-0.25, -0.2) is 18.6 Å². The molecule has 9 heteroatoms. The zero-order valence-electron chi connectivity index (χ0n) is 9.35. The van der Waals surface area contributed by atoms with Gasteiger partial charge in [-0.05, 0) is 0 Å². The Morgan fingerprint density at radius 3 is 2.50 bits per heavy atom. The Kier molecular flexibility index (Phi) is 4.08. The first-order valence-corrected chi connectivity index (χ1v) is 4.52. The number of aromatic nitrogens is 1. The molecule has 0 N–H and O–H groups in total. The molecule has 0 unspecified atom stereocenters. The maximum Gasteiger partial charge on any atom is 0.340 e. The van der Waals surface area contributed by atoms with Crippen molar-refractivity contribution in [2.24, 2.45) is 0 Å². The lowest BCUT2D eigenvalue weighted by Crippen LogP contribution is -2.10. The highest BCUT2D eigenvalue weighted by Crippen LogP contribution is 2.31. The van der Waals surface area contributed by atoms with Crippen LogP contribution in [0.5, 0.6) is 5.88 Å². The number of alkyl halides is 2. The van der Waals surface area contributed by atoms with Crippen molar-refractivity contribution in [2.45, 2.75) is 6.43 Å². The number of nitro groups is 1. The Balaban J connectivity index is 3.52. The van der Waals surface area contributed by atoms with Gasteiger partial charge in [-0.3, -0.25) is 10.1 Å². The van der Waals surface area contributed by atoms with Crippen LogP contribution in [-0.4, -0.2) is 30.1 Å². The molecule has 0 atom stereocenters.